The molecule has 0 aliphatic heterocycles. The Morgan fingerprint density at radius 1 is 1.14 bits per heavy atom. The number of benzene rings is 2. The van der Waals surface area contributed by atoms with Crippen LogP contribution in [0.4, 0.5) is 17.1 Å². The van der Waals surface area contributed by atoms with Crippen LogP contribution >= 0.6 is 15.9 Å². The van der Waals surface area contributed by atoms with Crippen LogP contribution in [-0.4, -0.2) is 22.5 Å². The summed E-state index contributed by atoms with van der Waals surface area (Å²) in [5, 5.41) is 0. The average molecular weight is 370 g/mol. The number of nitrogens with one attached hydrogen (secondary N) is 1. The fourth-order valence-electron chi connectivity index (χ4n) is 1.88. The largest absolute Gasteiger partial charge is 0.399 e. The third kappa shape index (κ3) is 3.48. The lowest BCUT2D eigenvalue weighted by Gasteiger charge is -2.18. The van der Waals surface area contributed by atoms with Gasteiger partial charge in [-0.1, -0.05) is 12.1 Å². The molecule has 7 heteroatoms. The van der Waals surface area contributed by atoms with E-state index in [-0.39, 0.29) is 4.90 Å². The van der Waals surface area contributed by atoms with E-state index in [9.17, 15) is 8.42 Å². The predicted octanol–water partition coefficient (Wildman–Crippen LogP) is 2.90. The topological polar surface area (TPSA) is 75.4 Å². The minimum Gasteiger partial charge on any atom is -0.399 e. The first-order valence-corrected chi connectivity index (χ1v) is 8.43. The van der Waals surface area contributed by atoms with Gasteiger partial charge in [0.1, 0.15) is 4.90 Å². The van der Waals surface area contributed by atoms with Crippen molar-refractivity contribution >= 4 is 43.0 Å². The van der Waals surface area contributed by atoms with Gasteiger partial charge >= 0.3 is 0 Å². The molecular weight excluding hydrogens is 354 g/mol. The van der Waals surface area contributed by atoms with E-state index < -0.39 is 10.0 Å². The first-order valence-electron chi connectivity index (χ1n) is 6.15. The monoisotopic (exact) mass is 369 g/mol. The number of sulfonamides is 1. The minimum absolute atomic E-state index is 0.107. The molecule has 0 saturated carbocycles. The van der Waals surface area contributed by atoms with E-state index in [1.165, 1.54) is 6.07 Å². The molecule has 5 nitrogen and oxygen atoms in total. The fraction of sp³-hybridized carbons (Fsp3) is 0.143. The van der Waals surface area contributed by atoms with E-state index in [1.54, 1.807) is 24.3 Å². The van der Waals surface area contributed by atoms with Crippen LogP contribution in [0.2, 0.25) is 0 Å². The highest BCUT2D eigenvalue weighted by atomic mass is 79.9. The van der Waals surface area contributed by atoms with Crippen molar-refractivity contribution in [2.45, 2.75) is 4.90 Å². The maximum Gasteiger partial charge on any atom is 0.263 e. The van der Waals surface area contributed by atoms with Crippen molar-refractivity contribution in [1.82, 2.24) is 0 Å². The highest BCUT2D eigenvalue weighted by Gasteiger charge is 2.19. The van der Waals surface area contributed by atoms with E-state index in [4.69, 9.17) is 5.73 Å². The van der Waals surface area contributed by atoms with Gasteiger partial charge in [0.05, 0.1) is 11.4 Å². The Balaban J connectivity index is 2.45. The second kappa shape index (κ2) is 5.95. The van der Waals surface area contributed by atoms with Crippen LogP contribution in [-0.2, 0) is 10.0 Å². The van der Waals surface area contributed by atoms with Gasteiger partial charge in [0, 0.05) is 24.3 Å². The van der Waals surface area contributed by atoms with Crippen LogP contribution in [0.5, 0.6) is 0 Å². The van der Waals surface area contributed by atoms with Crippen molar-refractivity contribution in [2.75, 3.05) is 29.5 Å². The molecule has 0 atom stereocenters. The third-order valence-electron chi connectivity index (χ3n) is 2.87. The van der Waals surface area contributed by atoms with Gasteiger partial charge < -0.3 is 10.6 Å². The zero-order valence-electron chi connectivity index (χ0n) is 11.7. The SMILES string of the molecule is CN(C)c1ccccc1NS(=O)(=O)c1cc(N)ccc1Br. The zero-order valence-corrected chi connectivity index (χ0v) is 14.1. The number of para-hydroxylation sites is 2. The number of hydrogen-bond acceptors (Lipinski definition) is 4. The molecule has 2 aromatic rings. The Hall–Kier alpha value is -1.73. The van der Waals surface area contributed by atoms with Crippen molar-refractivity contribution in [3.63, 3.8) is 0 Å². The van der Waals surface area contributed by atoms with Gasteiger partial charge in [-0.15, -0.1) is 0 Å². The Labute approximate surface area is 132 Å². The Morgan fingerprint density at radius 3 is 2.48 bits per heavy atom. The molecule has 0 bridgehead atoms. The summed E-state index contributed by atoms with van der Waals surface area (Å²) in [5.74, 6) is 0. The first kappa shape index (κ1) is 15.7. The molecule has 112 valence electrons. The molecule has 2 rings (SSSR count). The summed E-state index contributed by atoms with van der Waals surface area (Å²) in [7, 11) is -0.0246. The maximum atomic E-state index is 12.5. The summed E-state index contributed by atoms with van der Waals surface area (Å²) < 4.78 is 28.1. The van der Waals surface area contributed by atoms with Crippen LogP contribution in [0.1, 0.15) is 0 Å². The van der Waals surface area contributed by atoms with Crippen molar-refractivity contribution in [2.24, 2.45) is 0 Å². The molecule has 0 amide bonds. The highest BCUT2D eigenvalue weighted by Crippen LogP contribution is 2.29. The number of halogens is 1. The first-order chi connectivity index (χ1) is 9.81. The van der Waals surface area contributed by atoms with E-state index in [1.807, 2.05) is 31.1 Å². The minimum atomic E-state index is -3.73. The van der Waals surface area contributed by atoms with Gasteiger partial charge in [-0.2, -0.15) is 0 Å². The van der Waals surface area contributed by atoms with E-state index >= 15 is 0 Å². The van der Waals surface area contributed by atoms with Crippen LogP contribution < -0.4 is 15.4 Å². The quantitative estimate of drug-likeness (QED) is 0.812. The number of anilines is 3. The molecule has 2 aromatic carbocycles. The summed E-state index contributed by atoms with van der Waals surface area (Å²) in [6.07, 6.45) is 0. The molecule has 0 aliphatic carbocycles. The van der Waals surface area contributed by atoms with Crippen LogP contribution in [0.15, 0.2) is 51.8 Å². The summed E-state index contributed by atoms with van der Waals surface area (Å²) in [5.41, 5.74) is 7.35. The van der Waals surface area contributed by atoms with Crippen LogP contribution in [0.3, 0.4) is 0 Å². The second-order valence-electron chi connectivity index (χ2n) is 4.71. The van der Waals surface area contributed by atoms with Crippen LogP contribution in [0.25, 0.3) is 0 Å². The molecule has 0 radical (unpaired) electrons. The van der Waals surface area contributed by atoms with Crippen molar-refractivity contribution in [3.05, 3.63) is 46.9 Å². The summed E-state index contributed by atoms with van der Waals surface area (Å²) >= 11 is 3.24. The molecule has 0 aromatic heterocycles. The molecule has 0 unspecified atom stereocenters. The molecule has 3 N–H and O–H groups in total. The summed E-state index contributed by atoms with van der Waals surface area (Å²) in [6.45, 7) is 0. The van der Waals surface area contributed by atoms with Crippen molar-refractivity contribution in [1.29, 1.82) is 0 Å². The van der Waals surface area contributed by atoms with E-state index in [0.29, 0.717) is 15.8 Å². The Kier molecular flexibility index (Phi) is 4.43. The van der Waals surface area contributed by atoms with Crippen molar-refractivity contribution in [3.8, 4) is 0 Å². The van der Waals surface area contributed by atoms with Gasteiger partial charge in [-0.25, -0.2) is 8.42 Å². The Morgan fingerprint density at radius 2 is 1.81 bits per heavy atom. The van der Waals surface area contributed by atoms with Gasteiger partial charge in [-0.3, -0.25) is 4.72 Å². The number of hydrogen-bond donors (Lipinski definition) is 2. The number of nitrogens with zero attached hydrogens (tertiary/aromatic N) is 1. The average Bonchev–Trinajstić information content (AvgIpc) is 2.41. The maximum absolute atomic E-state index is 12.5. The molecule has 0 fully saturated rings. The number of nitrogen functional groups attached to an aromatic ring is 1. The molecule has 21 heavy (non-hydrogen) atoms. The normalized spacial score (nSPS) is 11.2. The summed E-state index contributed by atoms with van der Waals surface area (Å²) in [4.78, 5) is 1.95. The highest BCUT2D eigenvalue weighted by molar-refractivity contribution is 9.10. The standard InChI is InChI=1S/C14H16BrN3O2S/c1-18(2)13-6-4-3-5-12(13)17-21(19,20)14-9-10(16)7-8-11(14)15/h3-9,17H,16H2,1-2H3. The number of nitrogens with two attached hydrogens (primary N) is 1. The van der Waals surface area contributed by atoms with Gasteiger partial charge in [-0.05, 0) is 46.3 Å². The second-order valence-corrected chi connectivity index (χ2v) is 7.21. The smallest absolute Gasteiger partial charge is 0.263 e. The molecule has 0 heterocycles. The fourth-order valence-corrected chi connectivity index (χ4v) is 3.95. The van der Waals surface area contributed by atoms with Crippen LogP contribution in [0, 0.1) is 0 Å². The lowest BCUT2D eigenvalue weighted by Crippen LogP contribution is -2.17. The molecule has 0 aliphatic rings. The third-order valence-corrected chi connectivity index (χ3v) is 5.23. The lowest BCUT2D eigenvalue weighted by atomic mass is 10.2. The van der Waals surface area contributed by atoms with Crippen molar-refractivity contribution < 1.29 is 8.42 Å². The van der Waals surface area contributed by atoms with Gasteiger partial charge in [0.25, 0.3) is 10.0 Å². The van der Waals surface area contributed by atoms with Gasteiger partial charge in [0.2, 0.25) is 0 Å². The van der Waals surface area contributed by atoms with E-state index in [0.717, 1.165) is 5.69 Å². The number of rotatable bonds is 4. The molecular formula is C14H16BrN3O2S. The predicted molar refractivity (Wildman–Crippen MR) is 90.1 cm³/mol. The van der Waals surface area contributed by atoms with E-state index in [2.05, 4.69) is 20.7 Å². The lowest BCUT2D eigenvalue weighted by molar-refractivity contribution is 0.601. The zero-order chi connectivity index (χ0) is 15.6. The van der Waals surface area contributed by atoms with Gasteiger partial charge in [0.15, 0.2) is 0 Å². The molecule has 0 saturated heterocycles. The summed E-state index contributed by atoms with van der Waals surface area (Å²) in [6, 6.07) is 11.9. The Bertz CT molecular complexity index is 761. The molecule has 0 spiro atoms.